The molecular weight excluding hydrogens is 288 g/mol. The van der Waals surface area contributed by atoms with E-state index in [0.29, 0.717) is 0 Å². The van der Waals surface area contributed by atoms with Crippen molar-refractivity contribution in [3.63, 3.8) is 0 Å². The Labute approximate surface area is 154 Å². The van der Waals surface area contributed by atoms with Gasteiger partial charge in [-0.15, -0.1) is 0 Å². The average molecular weight is 336 g/mol. The summed E-state index contributed by atoms with van der Waals surface area (Å²) in [6.45, 7) is 6.15. The summed E-state index contributed by atoms with van der Waals surface area (Å²) in [7, 11) is 0. The fourth-order valence-electron chi connectivity index (χ4n) is 3.32. The molecule has 0 aliphatic carbocycles. The van der Waals surface area contributed by atoms with Gasteiger partial charge in [0.2, 0.25) is 0 Å². The Kier molecular flexibility index (Phi) is 22.5. The van der Waals surface area contributed by atoms with E-state index in [2.05, 4.69) is 26.0 Å². The Bertz CT molecular complexity index is 228. The SMILES string of the molecule is [CH2]CCCCCCCCCCCCCCCCCCC=CCCC. The molecule has 24 heavy (non-hydrogen) atoms. The second-order valence-electron chi connectivity index (χ2n) is 7.56. The normalized spacial score (nSPS) is 11.6. The van der Waals surface area contributed by atoms with Gasteiger partial charge in [0.05, 0.1) is 0 Å². The van der Waals surface area contributed by atoms with Crippen molar-refractivity contribution < 1.29 is 0 Å². The molecule has 1 radical (unpaired) electrons. The number of hydrogen-bond acceptors (Lipinski definition) is 0. The van der Waals surface area contributed by atoms with Crippen LogP contribution in [0.5, 0.6) is 0 Å². The van der Waals surface area contributed by atoms with Crippen LogP contribution >= 0.6 is 0 Å². The highest BCUT2D eigenvalue weighted by atomic mass is 14.0. The Morgan fingerprint density at radius 3 is 1.17 bits per heavy atom. The molecule has 0 bridgehead atoms. The van der Waals surface area contributed by atoms with Gasteiger partial charge < -0.3 is 0 Å². The first-order chi connectivity index (χ1) is 11.9. The predicted molar refractivity (Wildman–Crippen MR) is 113 cm³/mol. The standard InChI is InChI=1S/C24H47/c1-3-5-7-9-11-13-15-17-19-21-23-24-22-20-18-16-14-12-10-8-6-4-2/h8,10H,1,3-7,9,11-24H2,2H3. The van der Waals surface area contributed by atoms with Gasteiger partial charge >= 0.3 is 0 Å². The van der Waals surface area contributed by atoms with Crippen molar-refractivity contribution >= 4 is 0 Å². The van der Waals surface area contributed by atoms with E-state index < -0.39 is 0 Å². The summed E-state index contributed by atoms with van der Waals surface area (Å²) < 4.78 is 0. The van der Waals surface area contributed by atoms with Crippen LogP contribution < -0.4 is 0 Å². The van der Waals surface area contributed by atoms with E-state index in [-0.39, 0.29) is 0 Å². The van der Waals surface area contributed by atoms with Crippen LogP contribution in [0.15, 0.2) is 12.2 Å². The first-order valence-electron chi connectivity index (χ1n) is 11.4. The van der Waals surface area contributed by atoms with E-state index in [0.717, 1.165) is 6.42 Å². The van der Waals surface area contributed by atoms with Crippen LogP contribution in [0.25, 0.3) is 0 Å². The summed E-state index contributed by atoms with van der Waals surface area (Å²) in [5, 5.41) is 0. The molecule has 0 aliphatic heterocycles. The Morgan fingerprint density at radius 1 is 0.458 bits per heavy atom. The van der Waals surface area contributed by atoms with Crippen LogP contribution in [-0.4, -0.2) is 0 Å². The molecule has 0 aromatic heterocycles. The molecule has 0 spiro atoms. The van der Waals surface area contributed by atoms with Gasteiger partial charge in [0.25, 0.3) is 0 Å². The minimum absolute atomic E-state index is 1.12. The summed E-state index contributed by atoms with van der Waals surface area (Å²) in [5.74, 6) is 0. The van der Waals surface area contributed by atoms with Gasteiger partial charge in [-0.1, -0.05) is 135 Å². The third-order valence-corrected chi connectivity index (χ3v) is 4.99. The second kappa shape index (κ2) is 22.7. The van der Waals surface area contributed by atoms with Crippen molar-refractivity contribution in [2.45, 2.75) is 135 Å². The molecule has 0 saturated heterocycles. The molecule has 0 amide bonds. The fraction of sp³-hybridized carbons (Fsp3) is 0.875. The number of allylic oxidation sites excluding steroid dienone is 2. The summed E-state index contributed by atoms with van der Waals surface area (Å²) >= 11 is 0. The van der Waals surface area contributed by atoms with Gasteiger partial charge in [0.1, 0.15) is 0 Å². The molecule has 0 nitrogen and oxygen atoms in total. The van der Waals surface area contributed by atoms with Crippen molar-refractivity contribution in [3.8, 4) is 0 Å². The van der Waals surface area contributed by atoms with Crippen molar-refractivity contribution in [3.05, 3.63) is 19.1 Å². The van der Waals surface area contributed by atoms with Gasteiger partial charge in [-0.05, 0) is 19.3 Å². The zero-order valence-corrected chi connectivity index (χ0v) is 17.0. The van der Waals surface area contributed by atoms with E-state index in [1.165, 1.54) is 122 Å². The third-order valence-electron chi connectivity index (χ3n) is 4.99. The molecule has 0 unspecified atom stereocenters. The third kappa shape index (κ3) is 21.7. The molecule has 0 fully saturated rings. The highest BCUT2D eigenvalue weighted by Gasteiger charge is 1.94. The zero-order chi connectivity index (χ0) is 17.6. The van der Waals surface area contributed by atoms with E-state index in [4.69, 9.17) is 0 Å². The highest BCUT2D eigenvalue weighted by Crippen LogP contribution is 2.14. The van der Waals surface area contributed by atoms with Crippen LogP contribution in [0.4, 0.5) is 0 Å². The lowest BCUT2D eigenvalue weighted by molar-refractivity contribution is 0.528. The summed E-state index contributed by atoms with van der Waals surface area (Å²) in [6, 6.07) is 0. The van der Waals surface area contributed by atoms with Gasteiger partial charge in [0, 0.05) is 0 Å². The summed E-state index contributed by atoms with van der Waals surface area (Å²) in [4.78, 5) is 0. The predicted octanol–water partition coefficient (Wildman–Crippen LogP) is 9.20. The van der Waals surface area contributed by atoms with Crippen LogP contribution in [0.3, 0.4) is 0 Å². The topological polar surface area (TPSA) is 0 Å². The van der Waals surface area contributed by atoms with Crippen LogP contribution in [0, 0.1) is 6.92 Å². The monoisotopic (exact) mass is 335 g/mol. The quantitative estimate of drug-likeness (QED) is 0.154. The van der Waals surface area contributed by atoms with E-state index >= 15 is 0 Å². The molecule has 0 heterocycles. The van der Waals surface area contributed by atoms with Gasteiger partial charge in [-0.25, -0.2) is 0 Å². The molecule has 0 saturated carbocycles. The van der Waals surface area contributed by atoms with E-state index in [1.807, 2.05) is 0 Å². The van der Waals surface area contributed by atoms with Gasteiger partial charge in [-0.2, -0.15) is 0 Å². The van der Waals surface area contributed by atoms with E-state index in [1.54, 1.807) is 0 Å². The molecule has 0 aromatic rings. The largest absolute Gasteiger partial charge is 0.0885 e. The molecule has 143 valence electrons. The maximum absolute atomic E-state index is 3.90. The second-order valence-corrected chi connectivity index (χ2v) is 7.56. The van der Waals surface area contributed by atoms with Crippen molar-refractivity contribution in [2.24, 2.45) is 0 Å². The molecular formula is C24H47. The molecule has 0 N–H and O–H groups in total. The maximum atomic E-state index is 3.90. The summed E-state index contributed by atoms with van der Waals surface area (Å²) in [6.07, 6.45) is 32.8. The van der Waals surface area contributed by atoms with Crippen molar-refractivity contribution in [1.82, 2.24) is 0 Å². The average Bonchev–Trinajstić information content (AvgIpc) is 2.60. The number of hydrogen-bond donors (Lipinski definition) is 0. The minimum atomic E-state index is 1.12. The highest BCUT2D eigenvalue weighted by molar-refractivity contribution is 4.80. The Morgan fingerprint density at radius 2 is 0.792 bits per heavy atom. The number of unbranched alkanes of at least 4 members (excludes halogenated alkanes) is 18. The summed E-state index contributed by atoms with van der Waals surface area (Å²) in [5.41, 5.74) is 0. The molecule has 0 atom stereocenters. The lowest BCUT2D eigenvalue weighted by Crippen LogP contribution is -1.83. The van der Waals surface area contributed by atoms with E-state index in [9.17, 15) is 0 Å². The maximum Gasteiger partial charge on any atom is -0.0351 e. The van der Waals surface area contributed by atoms with Crippen LogP contribution in [0.2, 0.25) is 0 Å². The zero-order valence-electron chi connectivity index (χ0n) is 17.0. The smallest absolute Gasteiger partial charge is 0.0351 e. The molecule has 0 rings (SSSR count). The van der Waals surface area contributed by atoms with Gasteiger partial charge in [0.15, 0.2) is 0 Å². The minimum Gasteiger partial charge on any atom is -0.0885 e. The van der Waals surface area contributed by atoms with Crippen LogP contribution in [-0.2, 0) is 0 Å². The first-order valence-corrected chi connectivity index (χ1v) is 11.4. The van der Waals surface area contributed by atoms with Crippen LogP contribution in [0.1, 0.15) is 135 Å². The lowest BCUT2D eigenvalue weighted by Gasteiger charge is -2.03. The van der Waals surface area contributed by atoms with Gasteiger partial charge in [-0.3, -0.25) is 0 Å². The fourth-order valence-corrected chi connectivity index (χ4v) is 3.32. The lowest BCUT2D eigenvalue weighted by atomic mass is 10.0. The van der Waals surface area contributed by atoms with Crippen molar-refractivity contribution in [1.29, 1.82) is 0 Å². The molecule has 0 aromatic carbocycles. The number of rotatable bonds is 20. The van der Waals surface area contributed by atoms with Crippen molar-refractivity contribution in [2.75, 3.05) is 0 Å². The Balaban J connectivity index is 2.98. The molecule has 0 heteroatoms. The first kappa shape index (κ1) is 23.7. The Hall–Kier alpha value is -0.260. The molecule has 0 aliphatic rings.